The quantitative estimate of drug-likeness (QED) is 0.874. The van der Waals surface area contributed by atoms with Crippen molar-refractivity contribution in [2.75, 3.05) is 6.54 Å². The van der Waals surface area contributed by atoms with Gasteiger partial charge in [0.2, 0.25) is 0 Å². The molecule has 0 saturated carbocycles. The van der Waals surface area contributed by atoms with E-state index in [0.717, 1.165) is 30.9 Å². The van der Waals surface area contributed by atoms with E-state index in [1.807, 2.05) is 19.1 Å². The third-order valence-corrected chi connectivity index (χ3v) is 3.50. The van der Waals surface area contributed by atoms with Crippen molar-refractivity contribution in [3.05, 3.63) is 23.7 Å². The Kier molecular flexibility index (Phi) is 3.52. The first kappa shape index (κ1) is 12.2. The Balaban J connectivity index is 2.07. The molecule has 1 saturated heterocycles. The molecule has 0 spiro atoms. The Morgan fingerprint density at radius 3 is 3.00 bits per heavy atom. The van der Waals surface area contributed by atoms with Crippen LogP contribution in [0.1, 0.15) is 43.7 Å². The van der Waals surface area contributed by atoms with Crippen molar-refractivity contribution in [2.45, 2.75) is 45.2 Å². The molecule has 2 rings (SSSR count). The standard InChI is InChI=1S/C13H19NO3/c1-9-5-6-12(17-9)10(2)14-7-3-4-11(14)8-13(15)16/h5-6,10-11H,3-4,7-8H2,1-2H3,(H,15,16). The fraction of sp³-hybridized carbons (Fsp3) is 0.615. The van der Waals surface area contributed by atoms with Crippen LogP contribution in [-0.4, -0.2) is 28.6 Å². The number of aryl methyl sites for hydroxylation is 1. The first-order valence-corrected chi connectivity index (χ1v) is 6.12. The smallest absolute Gasteiger partial charge is 0.304 e. The molecule has 2 unspecified atom stereocenters. The molecule has 0 radical (unpaired) electrons. The zero-order valence-electron chi connectivity index (χ0n) is 10.3. The molecule has 1 aromatic heterocycles. The lowest BCUT2D eigenvalue weighted by Crippen LogP contribution is -2.33. The van der Waals surface area contributed by atoms with Crippen molar-refractivity contribution in [3.8, 4) is 0 Å². The third kappa shape index (κ3) is 2.69. The van der Waals surface area contributed by atoms with Gasteiger partial charge in [-0.05, 0) is 45.4 Å². The molecule has 17 heavy (non-hydrogen) atoms. The molecule has 4 heteroatoms. The number of likely N-dealkylation sites (tertiary alicyclic amines) is 1. The Hall–Kier alpha value is -1.29. The molecule has 0 aliphatic carbocycles. The lowest BCUT2D eigenvalue weighted by atomic mass is 10.1. The van der Waals surface area contributed by atoms with Gasteiger partial charge in [0.25, 0.3) is 0 Å². The summed E-state index contributed by atoms with van der Waals surface area (Å²) < 4.78 is 5.62. The number of nitrogens with zero attached hydrogens (tertiary/aromatic N) is 1. The molecule has 1 fully saturated rings. The minimum absolute atomic E-state index is 0.146. The number of carboxylic acids is 1. The Bertz CT molecular complexity index is 399. The van der Waals surface area contributed by atoms with Gasteiger partial charge in [0.15, 0.2) is 0 Å². The van der Waals surface area contributed by atoms with Crippen LogP contribution in [0, 0.1) is 6.92 Å². The van der Waals surface area contributed by atoms with Crippen LogP contribution in [-0.2, 0) is 4.79 Å². The first-order chi connectivity index (χ1) is 8.08. The normalized spacial score (nSPS) is 22.8. The van der Waals surface area contributed by atoms with Gasteiger partial charge in [-0.2, -0.15) is 0 Å². The minimum atomic E-state index is -0.718. The van der Waals surface area contributed by atoms with Crippen LogP contribution < -0.4 is 0 Å². The van der Waals surface area contributed by atoms with E-state index < -0.39 is 5.97 Å². The van der Waals surface area contributed by atoms with Crippen LogP contribution >= 0.6 is 0 Å². The average Bonchev–Trinajstić information content (AvgIpc) is 2.85. The summed E-state index contributed by atoms with van der Waals surface area (Å²) in [7, 11) is 0. The highest BCUT2D eigenvalue weighted by Crippen LogP contribution is 2.31. The predicted molar refractivity (Wildman–Crippen MR) is 63.8 cm³/mol. The molecule has 0 aromatic carbocycles. The lowest BCUT2D eigenvalue weighted by molar-refractivity contribution is -0.138. The van der Waals surface area contributed by atoms with E-state index >= 15 is 0 Å². The van der Waals surface area contributed by atoms with Crippen molar-refractivity contribution in [1.29, 1.82) is 0 Å². The third-order valence-electron chi connectivity index (χ3n) is 3.50. The van der Waals surface area contributed by atoms with Gasteiger partial charge in [-0.1, -0.05) is 0 Å². The number of carboxylic acid groups (broad SMARTS) is 1. The molecule has 2 atom stereocenters. The van der Waals surface area contributed by atoms with Gasteiger partial charge in [0, 0.05) is 6.04 Å². The highest BCUT2D eigenvalue weighted by atomic mass is 16.4. The van der Waals surface area contributed by atoms with E-state index in [4.69, 9.17) is 9.52 Å². The highest BCUT2D eigenvalue weighted by molar-refractivity contribution is 5.67. The first-order valence-electron chi connectivity index (χ1n) is 6.12. The van der Waals surface area contributed by atoms with E-state index in [0.29, 0.717) is 0 Å². The summed E-state index contributed by atoms with van der Waals surface area (Å²) in [6.07, 6.45) is 2.27. The second kappa shape index (κ2) is 4.92. The fourth-order valence-corrected chi connectivity index (χ4v) is 2.63. The van der Waals surface area contributed by atoms with Gasteiger partial charge < -0.3 is 9.52 Å². The average molecular weight is 237 g/mol. The van der Waals surface area contributed by atoms with Crippen LogP contribution in [0.2, 0.25) is 0 Å². The summed E-state index contributed by atoms with van der Waals surface area (Å²) in [4.78, 5) is 13.1. The van der Waals surface area contributed by atoms with Gasteiger partial charge in [-0.15, -0.1) is 0 Å². The van der Waals surface area contributed by atoms with Crippen LogP contribution in [0.4, 0.5) is 0 Å². The molecular formula is C13H19NO3. The number of carbonyl (C=O) groups is 1. The summed E-state index contributed by atoms with van der Waals surface area (Å²) in [6, 6.07) is 4.24. The summed E-state index contributed by atoms with van der Waals surface area (Å²) in [5.74, 6) is 1.12. The highest BCUT2D eigenvalue weighted by Gasteiger charge is 2.31. The summed E-state index contributed by atoms with van der Waals surface area (Å²) in [5, 5.41) is 8.90. The second-order valence-electron chi connectivity index (χ2n) is 4.76. The second-order valence-corrected chi connectivity index (χ2v) is 4.76. The van der Waals surface area contributed by atoms with Gasteiger partial charge in [-0.25, -0.2) is 0 Å². The molecule has 2 heterocycles. The Morgan fingerprint density at radius 2 is 2.41 bits per heavy atom. The molecule has 1 aliphatic rings. The maximum absolute atomic E-state index is 10.8. The van der Waals surface area contributed by atoms with Crippen molar-refractivity contribution in [1.82, 2.24) is 4.90 Å². The molecule has 1 N–H and O–H groups in total. The number of rotatable bonds is 4. The van der Waals surface area contributed by atoms with Gasteiger partial charge >= 0.3 is 5.97 Å². The van der Waals surface area contributed by atoms with Crippen LogP contribution in [0.25, 0.3) is 0 Å². The zero-order chi connectivity index (χ0) is 12.4. The van der Waals surface area contributed by atoms with Crippen molar-refractivity contribution in [2.24, 2.45) is 0 Å². The van der Waals surface area contributed by atoms with Crippen LogP contribution in [0.3, 0.4) is 0 Å². The maximum atomic E-state index is 10.8. The molecule has 4 nitrogen and oxygen atoms in total. The van der Waals surface area contributed by atoms with Crippen LogP contribution in [0.15, 0.2) is 16.5 Å². The molecule has 0 amide bonds. The van der Waals surface area contributed by atoms with E-state index in [2.05, 4.69) is 11.8 Å². The van der Waals surface area contributed by atoms with E-state index in [1.165, 1.54) is 0 Å². The maximum Gasteiger partial charge on any atom is 0.304 e. The number of aliphatic carboxylic acids is 1. The van der Waals surface area contributed by atoms with Crippen molar-refractivity contribution in [3.63, 3.8) is 0 Å². The van der Waals surface area contributed by atoms with Gasteiger partial charge in [0.1, 0.15) is 11.5 Å². The molecular weight excluding hydrogens is 218 g/mol. The van der Waals surface area contributed by atoms with Gasteiger partial charge in [-0.3, -0.25) is 9.69 Å². The summed E-state index contributed by atoms with van der Waals surface area (Å²) in [6.45, 7) is 4.96. The number of furan rings is 1. The Morgan fingerprint density at radius 1 is 1.65 bits per heavy atom. The number of hydrogen-bond donors (Lipinski definition) is 1. The topological polar surface area (TPSA) is 53.7 Å². The fourth-order valence-electron chi connectivity index (χ4n) is 2.63. The van der Waals surface area contributed by atoms with Gasteiger partial charge in [0.05, 0.1) is 12.5 Å². The monoisotopic (exact) mass is 237 g/mol. The van der Waals surface area contributed by atoms with Crippen molar-refractivity contribution >= 4 is 5.97 Å². The van der Waals surface area contributed by atoms with E-state index in [1.54, 1.807) is 0 Å². The predicted octanol–water partition coefficient (Wildman–Crippen LogP) is 2.59. The molecule has 94 valence electrons. The van der Waals surface area contributed by atoms with E-state index in [-0.39, 0.29) is 18.5 Å². The zero-order valence-corrected chi connectivity index (χ0v) is 10.3. The lowest BCUT2D eigenvalue weighted by Gasteiger charge is -2.28. The molecule has 0 bridgehead atoms. The Labute approximate surface area is 101 Å². The minimum Gasteiger partial charge on any atom is -0.481 e. The largest absolute Gasteiger partial charge is 0.481 e. The van der Waals surface area contributed by atoms with E-state index in [9.17, 15) is 4.79 Å². The SMILES string of the molecule is Cc1ccc(C(C)N2CCCC2CC(=O)O)o1. The molecule has 1 aromatic rings. The molecule has 1 aliphatic heterocycles. The summed E-state index contributed by atoms with van der Waals surface area (Å²) >= 11 is 0. The van der Waals surface area contributed by atoms with Crippen LogP contribution in [0.5, 0.6) is 0 Å². The number of hydrogen-bond acceptors (Lipinski definition) is 3. The van der Waals surface area contributed by atoms with Crippen molar-refractivity contribution < 1.29 is 14.3 Å². The summed E-state index contributed by atoms with van der Waals surface area (Å²) in [5.41, 5.74) is 0.